The van der Waals surface area contributed by atoms with Crippen LogP contribution in [0.25, 0.3) is 0 Å². The van der Waals surface area contributed by atoms with E-state index in [0.717, 1.165) is 25.8 Å². The highest BCUT2D eigenvalue weighted by Gasteiger charge is 2.42. The molecule has 0 saturated heterocycles. The van der Waals surface area contributed by atoms with E-state index in [9.17, 15) is 4.79 Å². The molecule has 2 atom stereocenters. The molecule has 0 saturated carbocycles. The van der Waals surface area contributed by atoms with E-state index < -0.39 is 6.04 Å². The molecule has 2 aromatic carbocycles. The number of para-hydroxylation sites is 1. The minimum Gasteiger partial charge on any atom is -0.495 e. The molecule has 9 heteroatoms. The number of carbonyl (C=O) groups excluding carboxylic acids is 1. The molecule has 1 amide bonds. The van der Waals surface area contributed by atoms with Crippen molar-refractivity contribution in [1.29, 1.82) is 0 Å². The lowest BCUT2D eigenvalue weighted by molar-refractivity contribution is -0.127. The Kier molecular flexibility index (Phi) is 5.09. The van der Waals surface area contributed by atoms with Crippen molar-refractivity contribution >= 4 is 60.4 Å². The van der Waals surface area contributed by atoms with Crippen LogP contribution in [0.3, 0.4) is 0 Å². The van der Waals surface area contributed by atoms with E-state index in [1.165, 1.54) is 11.8 Å². The maximum Gasteiger partial charge on any atom is 0.255 e. The van der Waals surface area contributed by atoms with Gasteiger partial charge in [-0.3, -0.25) is 9.80 Å². The van der Waals surface area contributed by atoms with Crippen LogP contribution in [0.15, 0.2) is 50.4 Å². The standard InChI is InChI=1S/C18H16Br2N4O2S/c1-26-15-11(7-9(19)8-12(15)20)16-21-13-6-4-3-5-10(13)14-17(25)22-18(27-2)23-24(14)16/h3-8,14,16,21H,1-2H3,(H,22,23,25)/t14-,16-/m0/s1. The fourth-order valence-corrected chi connectivity index (χ4v) is 5.16. The minimum absolute atomic E-state index is 0.0960. The molecule has 0 spiro atoms. The first-order valence-electron chi connectivity index (χ1n) is 8.13. The number of methoxy groups -OCH3 is 1. The summed E-state index contributed by atoms with van der Waals surface area (Å²) in [5.41, 5.74) is 2.67. The summed E-state index contributed by atoms with van der Waals surface area (Å²) in [6, 6.07) is 11.2. The number of amidine groups is 1. The van der Waals surface area contributed by atoms with Crippen molar-refractivity contribution in [2.45, 2.75) is 12.2 Å². The van der Waals surface area contributed by atoms with Crippen LogP contribution in [0.4, 0.5) is 5.69 Å². The van der Waals surface area contributed by atoms with E-state index in [-0.39, 0.29) is 12.1 Å². The Morgan fingerprint density at radius 2 is 2.00 bits per heavy atom. The van der Waals surface area contributed by atoms with Crippen LogP contribution >= 0.6 is 43.6 Å². The third-order valence-electron chi connectivity index (χ3n) is 4.49. The van der Waals surface area contributed by atoms with Gasteiger partial charge in [0.2, 0.25) is 0 Å². The van der Waals surface area contributed by atoms with Crippen molar-refractivity contribution in [1.82, 2.24) is 10.3 Å². The molecule has 4 rings (SSSR count). The Morgan fingerprint density at radius 1 is 1.22 bits per heavy atom. The van der Waals surface area contributed by atoms with Gasteiger partial charge in [0.1, 0.15) is 11.9 Å². The highest BCUT2D eigenvalue weighted by molar-refractivity contribution is 9.11. The average Bonchev–Trinajstić information content (AvgIpc) is 2.66. The van der Waals surface area contributed by atoms with E-state index >= 15 is 0 Å². The van der Waals surface area contributed by atoms with Gasteiger partial charge in [0.25, 0.3) is 5.91 Å². The molecule has 2 N–H and O–H groups in total. The number of nitrogens with zero attached hydrogens (tertiary/aromatic N) is 2. The molecule has 0 aromatic heterocycles. The summed E-state index contributed by atoms with van der Waals surface area (Å²) in [5, 5.41) is 13.5. The molecule has 0 fully saturated rings. The highest BCUT2D eigenvalue weighted by Crippen LogP contribution is 2.46. The van der Waals surface area contributed by atoms with E-state index in [4.69, 9.17) is 9.84 Å². The van der Waals surface area contributed by atoms with Crippen LogP contribution in [-0.2, 0) is 4.79 Å². The second-order valence-corrected chi connectivity index (χ2v) is 8.59. The van der Waals surface area contributed by atoms with Crippen LogP contribution in [0.2, 0.25) is 0 Å². The Bertz CT molecular complexity index is 953. The van der Waals surface area contributed by atoms with Crippen molar-refractivity contribution in [3.8, 4) is 5.75 Å². The summed E-state index contributed by atoms with van der Waals surface area (Å²) in [4.78, 5) is 12.9. The molecular weight excluding hydrogens is 496 g/mol. The first kappa shape index (κ1) is 18.6. The van der Waals surface area contributed by atoms with Gasteiger partial charge in [-0.15, -0.1) is 5.10 Å². The van der Waals surface area contributed by atoms with Crippen LogP contribution in [0, 0.1) is 0 Å². The first-order chi connectivity index (χ1) is 13.0. The molecule has 2 heterocycles. The quantitative estimate of drug-likeness (QED) is 0.623. The Morgan fingerprint density at radius 3 is 2.74 bits per heavy atom. The number of ether oxygens (including phenoxy) is 1. The van der Waals surface area contributed by atoms with Crippen LogP contribution in [0.1, 0.15) is 23.3 Å². The molecule has 0 bridgehead atoms. The normalized spacial score (nSPS) is 20.8. The number of anilines is 1. The number of fused-ring (bicyclic) bond motifs is 3. The molecule has 2 aliphatic heterocycles. The van der Waals surface area contributed by atoms with Gasteiger partial charge in [0.15, 0.2) is 11.2 Å². The minimum atomic E-state index is -0.522. The predicted octanol–water partition coefficient (Wildman–Crippen LogP) is 4.45. The van der Waals surface area contributed by atoms with E-state index in [0.29, 0.717) is 10.9 Å². The summed E-state index contributed by atoms with van der Waals surface area (Å²) in [7, 11) is 1.63. The number of amides is 1. The second kappa shape index (κ2) is 7.37. The van der Waals surface area contributed by atoms with Crippen molar-refractivity contribution in [2.24, 2.45) is 5.10 Å². The zero-order chi connectivity index (χ0) is 19.1. The van der Waals surface area contributed by atoms with Crippen molar-refractivity contribution in [3.05, 3.63) is 56.5 Å². The lowest BCUT2D eigenvalue weighted by Gasteiger charge is -2.44. The highest BCUT2D eigenvalue weighted by atomic mass is 79.9. The maximum atomic E-state index is 12.9. The van der Waals surface area contributed by atoms with Gasteiger partial charge in [-0.1, -0.05) is 45.9 Å². The van der Waals surface area contributed by atoms with Gasteiger partial charge < -0.3 is 15.4 Å². The topological polar surface area (TPSA) is 66.0 Å². The Labute approximate surface area is 178 Å². The molecule has 2 aromatic rings. The van der Waals surface area contributed by atoms with Crippen molar-refractivity contribution < 1.29 is 9.53 Å². The Balaban J connectivity index is 1.92. The smallest absolute Gasteiger partial charge is 0.255 e. The maximum absolute atomic E-state index is 12.9. The third kappa shape index (κ3) is 3.21. The number of hydrogen-bond donors (Lipinski definition) is 2. The second-order valence-electron chi connectivity index (χ2n) is 6.03. The third-order valence-corrected chi connectivity index (χ3v) is 6.11. The first-order valence-corrected chi connectivity index (χ1v) is 10.9. The number of carbonyl (C=O) groups is 1. The monoisotopic (exact) mass is 510 g/mol. The zero-order valence-corrected chi connectivity index (χ0v) is 18.5. The van der Waals surface area contributed by atoms with Crippen LogP contribution < -0.4 is 15.4 Å². The zero-order valence-electron chi connectivity index (χ0n) is 14.5. The number of halogens is 2. The van der Waals surface area contributed by atoms with Gasteiger partial charge in [-0.25, -0.2) is 0 Å². The fourth-order valence-electron chi connectivity index (χ4n) is 3.36. The van der Waals surface area contributed by atoms with Crippen molar-refractivity contribution in [2.75, 3.05) is 18.7 Å². The lowest BCUT2D eigenvalue weighted by Crippen LogP contribution is -2.50. The van der Waals surface area contributed by atoms with Gasteiger partial charge in [0.05, 0.1) is 11.6 Å². The summed E-state index contributed by atoms with van der Waals surface area (Å²) in [6.07, 6.45) is 1.51. The molecule has 140 valence electrons. The summed E-state index contributed by atoms with van der Waals surface area (Å²) < 4.78 is 7.37. The summed E-state index contributed by atoms with van der Waals surface area (Å²) >= 11 is 8.51. The van der Waals surface area contributed by atoms with E-state index in [2.05, 4.69) is 42.5 Å². The molecule has 0 aliphatic carbocycles. The molecular formula is C18H16Br2N4O2S. The van der Waals surface area contributed by atoms with Gasteiger partial charge in [0, 0.05) is 21.3 Å². The van der Waals surface area contributed by atoms with Crippen LogP contribution in [0.5, 0.6) is 5.75 Å². The van der Waals surface area contributed by atoms with E-state index in [1.54, 1.807) is 7.11 Å². The number of rotatable bonds is 2. The molecule has 0 radical (unpaired) electrons. The molecule has 2 aliphatic rings. The van der Waals surface area contributed by atoms with Gasteiger partial charge in [-0.05, 0) is 40.4 Å². The molecule has 27 heavy (non-hydrogen) atoms. The van der Waals surface area contributed by atoms with Crippen molar-refractivity contribution in [3.63, 3.8) is 0 Å². The predicted molar refractivity (Wildman–Crippen MR) is 115 cm³/mol. The molecule has 0 unspecified atom stereocenters. The summed E-state index contributed by atoms with van der Waals surface area (Å²) in [6.45, 7) is 0. The number of hydrogen-bond acceptors (Lipinski definition) is 6. The van der Waals surface area contributed by atoms with E-state index in [1.807, 2.05) is 47.7 Å². The largest absolute Gasteiger partial charge is 0.495 e. The number of hydrazone groups is 1. The number of nitrogens with one attached hydrogen (secondary N) is 2. The average molecular weight is 512 g/mol. The SMILES string of the molecule is COc1c(Br)cc(Br)cc1[C@H]1Nc2ccccc2[C@H]2C(=O)NC(SC)=NN12. The molecule has 6 nitrogen and oxygen atoms in total. The van der Waals surface area contributed by atoms with Gasteiger partial charge in [-0.2, -0.15) is 0 Å². The van der Waals surface area contributed by atoms with Gasteiger partial charge >= 0.3 is 0 Å². The van der Waals surface area contributed by atoms with Crippen LogP contribution in [-0.4, -0.2) is 29.4 Å². The Hall–Kier alpha value is -1.71. The lowest BCUT2D eigenvalue weighted by atomic mass is 9.97. The number of benzene rings is 2. The fraction of sp³-hybridized carbons (Fsp3) is 0.222. The summed E-state index contributed by atoms with van der Waals surface area (Å²) in [5.74, 6) is 0.599. The number of thioether (sulfide) groups is 1.